The third-order valence-corrected chi connectivity index (χ3v) is 7.13. The lowest BCUT2D eigenvalue weighted by molar-refractivity contribution is 0.0942. The molecule has 0 fully saturated rings. The molecule has 5 aromatic rings. The highest BCUT2D eigenvalue weighted by molar-refractivity contribution is 5.94. The fourth-order valence-corrected chi connectivity index (χ4v) is 5.37. The Labute approximate surface area is 209 Å². The zero-order chi connectivity index (χ0) is 24.5. The van der Waals surface area contributed by atoms with Gasteiger partial charge in [0.05, 0.1) is 13.2 Å². The Hall–Kier alpha value is -3.94. The van der Waals surface area contributed by atoms with Crippen molar-refractivity contribution in [3.63, 3.8) is 0 Å². The first kappa shape index (κ1) is 22.5. The minimum Gasteiger partial charge on any atom is -0.394 e. The second kappa shape index (κ2) is 9.60. The molecule has 36 heavy (non-hydrogen) atoms. The molecule has 3 heterocycles. The van der Waals surface area contributed by atoms with E-state index in [1.54, 1.807) is 0 Å². The first-order valence-electron chi connectivity index (χ1n) is 12.4. The number of nitrogens with one attached hydrogen (secondary N) is 2. The van der Waals surface area contributed by atoms with Crippen molar-refractivity contribution in [2.45, 2.75) is 32.6 Å². The number of nitrogens with zero attached hydrogens (tertiary/aromatic N) is 3. The van der Waals surface area contributed by atoms with Crippen LogP contribution in [0.4, 0.5) is 0 Å². The van der Waals surface area contributed by atoms with Gasteiger partial charge in [-0.25, -0.2) is 0 Å². The van der Waals surface area contributed by atoms with Gasteiger partial charge in [0.15, 0.2) is 5.69 Å². The van der Waals surface area contributed by atoms with Crippen LogP contribution in [0.3, 0.4) is 0 Å². The Kier molecular flexibility index (Phi) is 6.01. The average molecular weight is 480 g/mol. The van der Waals surface area contributed by atoms with Crippen molar-refractivity contribution in [2.24, 2.45) is 0 Å². The number of para-hydroxylation sites is 1. The van der Waals surface area contributed by atoms with E-state index in [0.717, 1.165) is 52.6 Å². The lowest BCUT2D eigenvalue weighted by Gasteiger charge is -2.28. The SMILES string of the molecule is O=C(NCc1cccc2ccccc12)c1nn(CCO)c2c1CN(Cc1cccc3cc[nH]c13)CC2. The molecule has 0 bridgehead atoms. The monoisotopic (exact) mass is 479 g/mol. The van der Waals surface area contributed by atoms with E-state index < -0.39 is 0 Å². The van der Waals surface area contributed by atoms with E-state index in [0.29, 0.717) is 25.3 Å². The van der Waals surface area contributed by atoms with Gasteiger partial charge in [-0.3, -0.25) is 14.4 Å². The number of aliphatic hydroxyl groups is 1. The Bertz CT molecular complexity index is 1540. The van der Waals surface area contributed by atoms with Crippen molar-refractivity contribution in [3.8, 4) is 0 Å². The van der Waals surface area contributed by atoms with Crippen molar-refractivity contribution in [2.75, 3.05) is 13.2 Å². The van der Waals surface area contributed by atoms with Crippen LogP contribution in [-0.4, -0.2) is 43.8 Å². The van der Waals surface area contributed by atoms with E-state index in [2.05, 4.69) is 62.8 Å². The van der Waals surface area contributed by atoms with Crippen LogP contribution < -0.4 is 5.32 Å². The van der Waals surface area contributed by atoms with Crippen LogP contribution >= 0.6 is 0 Å². The fraction of sp³-hybridized carbons (Fsp3) is 0.241. The first-order valence-corrected chi connectivity index (χ1v) is 12.4. The lowest BCUT2D eigenvalue weighted by atomic mass is 10.0. The number of hydrogen-bond donors (Lipinski definition) is 3. The predicted octanol–water partition coefficient (Wildman–Crippen LogP) is 4.00. The van der Waals surface area contributed by atoms with Gasteiger partial charge in [0.25, 0.3) is 5.91 Å². The number of benzene rings is 3. The molecule has 1 aliphatic rings. The number of aromatic nitrogens is 3. The molecule has 3 N–H and O–H groups in total. The molecule has 2 aromatic heterocycles. The third-order valence-electron chi connectivity index (χ3n) is 7.13. The van der Waals surface area contributed by atoms with Gasteiger partial charge < -0.3 is 15.4 Å². The zero-order valence-electron chi connectivity index (χ0n) is 20.1. The molecule has 0 saturated carbocycles. The summed E-state index contributed by atoms with van der Waals surface area (Å²) in [5.74, 6) is -0.177. The predicted molar refractivity (Wildman–Crippen MR) is 141 cm³/mol. The molecule has 0 saturated heterocycles. The second-order valence-corrected chi connectivity index (χ2v) is 9.36. The minimum atomic E-state index is -0.177. The number of carbonyl (C=O) groups is 1. The average Bonchev–Trinajstić information content (AvgIpc) is 3.53. The lowest BCUT2D eigenvalue weighted by Crippen LogP contribution is -2.32. The van der Waals surface area contributed by atoms with Gasteiger partial charge in [-0.05, 0) is 33.4 Å². The quantitative estimate of drug-likeness (QED) is 0.329. The van der Waals surface area contributed by atoms with Gasteiger partial charge in [0.1, 0.15) is 0 Å². The number of rotatable bonds is 7. The summed E-state index contributed by atoms with van der Waals surface area (Å²) in [4.78, 5) is 19.1. The van der Waals surface area contributed by atoms with E-state index in [-0.39, 0.29) is 12.5 Å². The van der Waals surface area contributed by atoms with Gasteiger partial charge in [0.2, 0.25) is 0 Å². The number of hydrogen-bond acceptors (Lipinski definition) is 4. The third kappa shape index (κ3) is 4.17. The molecule has 0 radical (unpaired) electrons. The minimum absolute atomic E-state index is 0.0102. The number of amides is 1. The molecule has 0 unspecified atom stereocenters. The van der Waals surface area contributed by atoms with Crippen LogP contribution in [0.1, 0.15) is 32.9 Å². The smallest absolute Gasteiger partial charge is 0.272 e. The molecule has 7 heteroatoms. The molecule has 0 aliphatic carbocycles. The highest BCUT2D eigenvalue weighted by atomic mass is 16.3. The van der Waals surface area contributed by atoms with E-state index in [4.69, 9.17) is 0 Å². The largest absolute Gasteiger partial charge is 0.394 e. The molecule has 3 aromatic carbocycles. The fourth-order valence-electron chi connectivity index (χ4n) is 5.37. The molecule has 0 spiro atoms. The van der Waals surface area contributed by atoms with Crippen LogP contribution in [0.25, 0.3) is 21.7 Å². The van der Waals surface area contributed by atoms with Crippen molar-refractivity contribution < 1.29 is 9.90 Å². The van der Waals surface area contributed by atoms with Crippen LogP contribution in [0, 0.1) is 0 Å². The number of H-pyrrole nitrogens is 1. The van der Waals surface area contributed by atoms with Crippen LogP contribution in [0.5, 0.6) is 0 Å². The molecular formula is C29H29N5O2. The van der Waals surface area contributed by atoms with Crippen molar-refractivity contribution >= 4 is 27.6 Å². The Balaban J connectivity index is 1.24. The number of carbonyl (C=O) groups excluding carboxylic acids is 1. The Morgan fingerprint density at radius 2 is 1.81 bits per heavy atom. The van der Waals surface area contributed by atoms with Crippen LogP contribution in [0.15, 0.2) is 72.9 Å². The normalized spacial score (nSPS) is 13.8. The number of aliphatic hydroxyl groups excluding tert-OH is 1. The summed E-state index contributed by atoms with van der Waals surface area (Å²) in [6.07, 6.45) is 2.76. The molecule has 0 atom stereocenters. The molecular weight excluding hydrogens is 450 g/mol. The number of fused-ring (bicyclic) bond motifs is 3. The highest BCUT2D eigenvalue weighted by Crippen LogP contribution is 2.26. The summed E-state index contributed by atoms with van der Waals surface area (Å²) < 4.78 is 1.81. The second-order valence-electron chi connectivity index (χ2n) is 9.36. The summed E-state index contributed by atoms with van der Waals surface area (Å²) in [6, 6.07) is 22.8. The zero-order valence-corrected chi connectivity index (χ0v) is 20.1. The van der Waals surface area contributed by atoms with Gasteiger partial charge in [0, 0.05) is 55.6 Å². The maximum Gasteiger partial charge on any atom is 0.272 e. The topological polar surface area (TPSA) is 86.2 Å². The molecule has 182 valence electrons. The van der Waals surface area contributed by atoms with E-state index >= 15 is 0 Å². The molecule has 1 amide bonds. The summed E-state index contributed by atoms with van der Waals surface area (Å²) in [6.45, 7) is 3.12. The van der Waals surface area contributed by atoms with Crippen molar-refractivity contribution in [3.05, 3.63) is 101 Å². The van der Waals surface area contributed by atoms with Gasteiger partial charge in [-0.2, -0.15) is 5.10 Å². The molecule has 6 rings (SSSR count). The summed E-state index contributed by atoms with van der Waals surface area (Å²) in [5.41, 5.74) is 5.95. The van der Waals surface area contributed by atoms with E-state index in [1.165, 1.54) is 10.9 Å². The van der Waals surface area contributed by atoms with Gasteiger partial charge in [-0.15, -0.1) is 0 Å². The standard InChI is InChI=1S/C29H29N5O2/c35-16-15-34-26-12-14-33(18-23-9-4-7-21-11-13-30-27(21)23)19-25(26)28(32-34)29(36)31-17-22-8-3-6-20-5-1-2-10-24(20)22/h1-11,13,30,35H,12,14-19H2,(H,31,36). The Morgan fingerprint density at radius 3 is 2.69 bits per heavy atom. The summed E-state index contributed by atoms with van der Waals surface area (Å²) in [7, 11) is 0. The molecule has 7 nitrogen and oxygen atoms in total. The van der Waals surface area contributed by atoms with Crippen molar-refractivity contribution in [1.82, 2.24) is 25.0 Å². The Morgan fingerprint density at radius 1 is 1.00 bits per heavy atom. The first-order chi connectivity index (χ1) is 17.7. The summed E-state index contributed by atoms with van der Waals surface area (Å²) >= 11 is 0. The van der Waals surface area contributed by atoms with Crippen LogP contribution in [-0.2, 0) is 32.6 Å². The summed E-state index contributed by atoms with van der Waals surface area (Å²) in [5, 5.41) is 20.8. The van der Waals surface area contributed by atoms with E-state index in [1.807, 2.05) is 35.1 Å². The van der Waals surface area contributed by atoms with E-state index in [9.17, 15) is 9.90 Å². The highest BCUT2D eigenvalue weighted by Gasteiger charge is 2.28. The maximum atomic E-state index is 13.4. The number of aromatic amines is 1. The maximum absolute atomic E-state index is 13.4. The molecule has 1 aliphatic heterocycles. The van der Waals surface area contributed by atoms with Crippen molar-refractivity contribution in [1.29, 1.82) is 0 Å². The van der Waals surface area contributed by atoms with Gasteiger partial charge in [-0.1, -0.05) is 60.7 Å². The van der Waals surface area contributed by atoms with Crippen LogP contribution in [0.2, 0.25) is 0 Å². The van der Waals surface area contributed by atoms with Gasteiger partial charge >= 0.3 is 0 Å².